The fraction of sp³-hybridized carbons (Fsp3) is 0.308. The number of sulfonamides is 1. The third kappa shape index (κ3) is 2.62. The lowest BCUT2D eigenvalue weighted by molar-refractivity contribution is 0.401. The van der Waals surface area contributed by atoms with Gasteiger partial charge in [0.15, 0.2) is 0 Å². The molecule has 0 spiro atoms. The molecule has 0 radical (unpaired) electrons. The standard InChI is InChI=1S/C13H14N4O2S/c18-20(19,12-5-2-6-14-9-12)17-11-7-15-13(16-8-11)10-3-1-4-10/h2,5-10,17H,1,3-4H2. The summed E-state index contributed by atoms with van der Waals surface area (Å²) in [6.45, 7) is 0. The molecule has 1 N–H and O–H groups in total. The van der Waals surface area contributed by atoms with Crippen LogP contribution in [0.3, 0.4) is 0 Å². The van der Waals surface area contributed by atoms with E-state index < -0.39 is 10.0 Å². The average Bonchev–Trinajstić information content (AvgIpc) is 2.40. The summed E-state index contributed by atoms with van der Waals surface area (Å²) in [7, 11) is -3.63. The van der Waals surface area contributed by atoms with E-state index in [0.717, 1.165) is 18.7 Å². The maximum absolute atomic E-state index is 12.1. The minimum Gasteiger partial charge on any atom is -0.276 e. The number of nitrogens with one attached hydrogen (secondary N) is 1. The highest BCUT2D eigenvalue weighted by molar-refractivity contribution is 7.92. The molecule has 2 aromatic rings. The molecule has 104 valence electrons. The van der Waals surface area contributed by atoms with Crippen molar-refractivity contribution >= 4 is 15.7 Å². The van der Waals surface area contributed by atoms with Gasteiger partial charge in [-0.2, -0.15) is 0 Å². The van der Waals surface area contributed by atoms with E-state index in [-0.39, 0.29) is 4.90 Å². The van der Waals surface area contributed by atoms with Crippen molar-refractivity contribution in [2.75, 3.05) is 4.72 Å². The molecule has 2 heterocycles. The Bertz CT molecular complexity index is 682. The molecule has 6 nitrogen and oxygen atoms in total. The van der Waals surface area contributed by atoms with Gasteiger partial charge in [-0.1, -0.05) is 6.42 Å². The Morgan fingerprint density at radius 2 is 1.90 bits per heavy atom. The van der Waals surface area contributed by atoms with Crippen molar-refractivity contribution in [1.82, 2.24) is 15.0 Å². The lowest BCUT2D eigenvalue weighted by Crippen LogP contribution is -2.15. The number of nitrogens with zero attached hydrogens (tertiary/aromatic N) is 3. The normalized spacial score (nSPS) is 15.6. The molecule has 7 heteroatoms. The third-order valence-corrected chi connectivity index (χ3v) is 4.71. The summed E-state index contributed by atoms with van der Waals surface area (Å²) >= 11 is 0. The Labute approximate surface area is 117 Å². The summed E-state index contributed by atoms with van der Waals surface area (Å²) < 4.78 is 26.6. The largest absolute Gasteiger partial charge is 0.276 e. The highest BCUT2D eigenvalue weighted by Gasteiger charge is 2.22. The molecule has 1 fully saturated rings. The summed E-state index contributed by atoms with van der Waals surface area (Å²) in [5, 5.41) is 0. The maximum Gasteiger partial charge on any atom is 0.263 e. The number of rotatable bonds is 4. The van der Waals surface area contributed by atoms with Gasteiger partial charge in [0.05, 0.1) is 18.1 Å². The number of aromatic nitrogens is 3. The molecule has 0 atom stereocenters. The van der Waals surface area contributed by atoms with Gasteiger partial charge in [0, 0.05) is 18.3 Å². The predicted molar refractivity (Wildman–Crippen MR) is 73.7 cm³/mol. The van der Waals surface area contributed by atoms with E-state index in [9.17, 15) is 8.42 Å². The van der Waals surface area contributed by atoms with Crippen molar-refractivity contribution < 1.29 is 8.42 Å². The van der Waals surface area contributed by atoms with Crippen molar-refractivity contribution in [2.45, 2.75) is 30.1 Å². The van der Waals surface area contributed by atoms with Gasteiger partial charge in [-0.3, -0.25) is 9.71 Å². The molecule has 2 aromatic heterocycles. The molecule has 1 aliphatic rings. The Kier molecular flexibility index (Phi) is 3.35. The van der Waals surface area contributed by atoms with Crippen LogP contribution in [0.5, 0.6) is 0 Å². The van der Waals surface area contributed by atoms with Crippen LogP contribution in [0.2, 0.25) is 0 Å². The molecule has 0 bridgehead atoms. The molecule has 0 aliphatic heterocycles. The van der Waals surface area contributed by atoms with Crippen molar-refractivity contribution in [1.29, 1.82) is 0 Å². The fourth-order valence-corrected chi connectivity index (χ4v) is 2.98. The maximum atomic E-state index is 12.1. The lowest BCUT2D eigenvalue weighted by atomic mass is 9.85. The molecule has 1 aliphatic carbocycles. The summed E-state index contributed by atoms with van der Waals surface area (Å²) in [4.78, 5) is 12.4. The van der Waals surface area contributed by atoms with Crippen LogP contribution in [0.15, 0.2) is 41.8 Å². The summed E-state index contributed by atoms with van der Waals surface area (Å²) in [5.74, 6) is 1.22. The molecular formula is C13H14N4O2S. The zero-order chi connectivity index (χ0) is 14.0. The van der Waals surface area contributed by atoms with Gasteiger partial charge in [-0.15, -0.1) is 0 Å². The first-order valence-corrected chi connectivity index (χ1v) is 7.88. The average molecular weight is 290 g/mol. The van der Waals surface area contributed by atoms with Crippen LogP contribution in [-0.2, 0) is 10.0 Å². The topological polar surface area (TPSA) is 84.8 Å². The summed E-state index contributed by atoms with van der Waals surface area (Å²) in [6, 6.07) is 3.06. The second-order valence-corrected chi connectivity index (χ2v) is 6.43. The number of hydrogen-bond acceptors (Lipinski definition) is 5. The molecular weight excluding hydrogens is 276 g/mol. The Morgan fingerprint density at radius 3 is 2.45 bits per heavy atom. The lowest BCUT2D eigenvalue weighted by Gasteiger charge is -2.23. The molecule has 1 saturated carbocycles. The van der Waals surface area contributed by atoms with Gasteiger partial charge in [0.1, 0.15) is 10.7 Å². The monoisotopic (exact) mass is 290 g/mol. The first-order chi connectivity index (χ1) is 9.65. The number of pyridine rings is 1. The molecule has 0 amide bonds. The van der Waals surface area contributed by atoms with Gasteiger partial charge >= 0.3 is 0 Å². The van der Waals surface area contributed by atoms with E-state index in [0.29, 0.717) is 11.6 Å². The Hall–Kier alpha value is -2.02. The van der Waals surface area contributed by atoms with E-state index in [1.807, 2.05) is 0 Å². The van der Waals surface area contributed by atoms with Crippen molar-refractivity contribution in [3.05, 3.63) is 42.7 Å². The zero-order valence-corrected chi connectivity index (χ0v) is 11.5. The van der Waals surface area contributed by atoms with Crippen LogP contribution in [0.1, 0.15) is 31.0 Å². The SMILES string of the molecule is O=S(=O)(Nc1cnc(C2CCC2)nc1)c1cccnc1. The quantitative estimate of drug-likeness (QED) is 0.930. The fourth-order valence-electron chi connectivity index (χ4n) is 1.99. The molecule has 0 unspecified atom stereocenters. The zero-order valence-electron chi connectivity index (χ0n) is 10.7. The van der Waals surface area contributed by atoms with Gasteiger partial charge < -0.3 is 0 Å². The van der Waals surface area contributed by atoms with Gasteiger partial charge in [-0.05, 0) is 25.0 Å². The van der Waals surface area contributed by atoms with Crippen molar-refractivity contribution in [3.63, 3.8) is 0 Å². The van der Waals surface area contributed by atoms with Gasteiger partial charge in [0.2, 0.25) is 0 Å². The number of hydrogen-bond donors (Lipinski definition) is 1. The first-order valence-electron chi connectivity index (χ1n) is 6.40. The highest BCUT2D eigenvalue weighted by Crippen LogP contribution is 2.34. The second kappa shape index (κ2) is 5.16. The summed E-state index contributed by atoms with van der Waals surface area (Å²) in [5.41, 5.74) is 0.358. The summed E-state index contributed by atoms with van der Waals surface area (Å²) in [6.07, 6.45) is 9.27. The van der Waals surface area contributed by atoms with Gasteiger partial charge in [0.25, 0.3) is 10.0 Å². The van der Waals surface area contributed by atoms with Crippen LogP contribution < -0.4 is 4.72 Å². The predicted octanol–water partition coefficient (Wildman–Crippen LogP) is 1.94. The minimum atomic E-state index is -3.63. The Morgan fingerprint density at radius 1 is 1.15 bits per heavy atom. The van der Waals surface area contributed by atoms with Gasteiger partial charge in [-0.25, -0.2) is 18.4 Å². The highest BCUT2D eigenvalue weighted by atomic mass is 32.2. The van der Waals surface area contributed by atoms with E-state index in [1.165, 1.54) is 37.3 Å². The second-order valence-electron chi connectivity index (χ2n) is 4.75. The number of anilines is 1. The van der Waals surface area contributed by atoms with Crippen molar-refractivity contribution in [2.24, 2.45) is 0 Å². The van der Waals surface area contributed by atoms with Crippen LogP contribution in [0.25, 0.3) is 0 Å². The van der Waals surface area contributed by atoms with Crippen LogP contribution in [0, 0.1) is 0 Å². The van der Waals surface area contributed by atoms with Crippen LogP contribution in [0.4, 0.5) is 5.69 Å². The molecule has 0 saturated heterocycles. The van der Waals surface area contributed by atoms with Crippen LogP contribution in [-0.4, -0.2) is 23.4 Å². The smallest absolute Gasteiger partial charge is 0.263 e. The third-order valence-electron chi connectivity index (χ3n) is 3.34. The molecule has 0 aromatic carbocycles. The van der Waals surface area contributed by atoms with E-state index >= 15 is 0 Å². The first kappa shape index (κ1) is 13.0. The van der Waals surface area contributed by atoms with Crippen LogP contribution >= 0.6 is 0 Å². The van der Waals surface area contributed by atoms with Crippen molar-refractivity contribution in [3.8, 4) is 0 Å². The minimum absolute atomic E-state index is 0.114. The molecule has 20 heavy (non-hydrogen) atoms. The molecule has 3 rings (SSSR count). The van der Waals surface area contributed by atoms with E-state index in [1.54, 1.807) is 6.07 Å². The Balaban J connectivity index is 1.77. The van der Waals surface area contributed by atoms with E-state index in [4.69, 9.17) is 0 Å². The van der Waals surface area contributed by atoms with E-state index in [2.05, 4.69) is 19.7 Å².